The quantitative estimate of drug-likeness (QED) is 0.359. The van der Waals surface area contributed by atoms with Crippen LogP contribution >= 0.6 is 0 Å². The summed E-state index contributed by atoms with van der Waals surface area (Å²) in [7, 11) is 0. The highest BCUT2D eigenvalue weighted by Crippen LogP contribution is 2.52. The smallest absolute Gasteiger partial charge is 0.0334 e. The van der Waals surface area contributed by atoms with E-state index in [4.69, 9.17) is 0 Å². The summed E-state index contributed by atoms with van der Waals surface area (Å²) in [4.78, 5) is 0. The third-order valence-electron chi connectivity index (χ3n) is 11.1. The summed E-state index contributed by atoms with van der Waals surface area (Å²) in [5.41, 5.74) is 0. The zero-order valence-electron chi connectivity index (χ0n) is 22.5. The molecule has 0 aromatic heterocycles. The summed E-state index contributed by atoms with van der Waals surface area (Å²) in [6.45, 7) is 17.7. The average molecular weight is 431 g/mol. The lowest BCUT2D eigenvalue weighted by Gasteiger charge is -2.50. The number of hydrogen-bond donors (Lipinski definition) is 0. The van der Waals surface area contributed by atoms with Crippen molar-refractivity contribution in [2.24, 2.45) is 65.1 Å². The molecule has 0 aromatic carbocycles. The van der Waals surface area contributed by atoms with Crippen molar-refractivity contribution in [1.82, 2.24) is 0 Å². The third kappa shape index (κ3) is 6.32. The molecule has 3 saturated carbocycles. The third-order valence-corrected chi connectivity index (χ3v) is 11.1. The normalized spacial score (nSPS) is 45.4. The predicted octanol–water partition coefficient (Wildman–Crippen LogP) is 10.0. The topological polar surface area (TPSA) is 0 Å². The van der Waals surface area contributed by atoms with Crippen molar-refractivity contribution < 1.29 is 0 Å². The Morgan fingerprint density at radius 3 is 1.65 bits per heavy atom. The largest absolute Gasteiger partial charge is 0.0654 e. The SMILES string of the molecule is CCCCC(CCC)C1CCC(C2CC(C)C(C3CC(C)C(C)C(C)C3)C(C)C2)CC1. The van der Waals surface area contributed by atoms with Crippen LogP contribution in [0.3, 0.4) is 0 Å². The molecule has 0 aromatic rings. The molecule has 0 nitrogen and oxygen atoms in total. The average Bonchev–Trinajstić information content (AvgIpc) is 2.74. The molecule has 0 heterocycles. The van der Waals surface area contributed by atoms with Crippen LogP contribution < -0.4 is 0 Å². The Morgan fingerprint density at radius 1 is 0.581 bits per heavy atom. The molecule has 182 valence electrons. The lowest BCUT2D eigenvalue weighted by Crippen LogP contribution is -2.41. The van der Waals surface area contributed by atoms with Gasteiger partial charge >= 0.3 is 0 Å². The van der Waals surface area contributed by atoms with Crippen molar-refractivity contribution in [2.75, 3.05) is 0 Å². The minimum atomic E-state index is 0.933. The first-order valence-electron chi connectivity index (χ1n) is 14.8. The van der Waals surface area contributed by atoms with Gasteiger partial charge in [-0.3, -0.25) is 0 Å². The van der Waals surface area contributed by atoms with Gasteiger partial charge in [0.05, 0.1) is 0 Å². The molecule has 0 N–H and O–H groups in total. The molecule has 0 heteroatoms. The summed E-state index contributed by atoms with van der Waals surface area (Å²) >= 11 is 0. The molecule has 0 amide bonds. The summed E-state index contributed by atoms with van der Waals surface area (Å²) in [5.74, 6) is 10.9. The number of unbranched alkanes of at least 4 members (excludes halogenated alkanes) is 1. The van der Waals surface area contributed by atoms with Crippen molar-refractivity contribution in [1.29, 1.82) is 0 Å². The fraction of sp³-hybridized carbons (Fsp3) is 1.00. The van der Waals surface area contributed by atoms with Gasteiger partial charge in [-0.05, 0) is 116 Å². The first-order valence-corrected chi connectivity index (χ1v) is 14.8. The molecule has 0 radical (unpaired) electrons. The second kappa shape index (κ2) is 11.9. The maximum Gasteiger partial charge on any atom is -0.0334 e. The Balaban J connectivity index is 1.52. The van der Waals surface area contributed by atoms with Gasteiger partial charge in [-0.15, -0.1) is 0 Å². The first-order chi connectivity index (χ1) is 14.8. The Hall–Kier alpha value is 0. The van der Waals surface area contributed by atoms with E-state index in [1.54, 1.807) is 38.5 Å². The maximum absolute atomic E-state index is 2.65. The van der Waals surface area contributed by atoms with Crippen LogP contribution in [0.2, 0.25) is 0 Å². The van der Waals surface area contributed by atoms with Crippen molar-refractivity contribution in [3.8, 4) is 0 Å². The van der Waals surface area contributed by atoms with Gasteiger partial charge in [0.15, 0.2) is 0 Å². The summed E-state index contributed by atoms with van der Waals surface area (Å²) in [5, 5.41) is 0. The Bertz CT molecular complexity index is 476. The van der Waals surface area contributed by atoms with Crippen LogP contribution in [0.4, 0.5) is 0 Å². The summed E-state index contributed by atoms with van der Waals surface area (Å²) < 4.78 is 0. The molecule has 31 heavy (non-hydrogen) atoms. The van der Waals surface area contributed by atoms with Crippen LogP contribution in [0.25, 0.3) is 0 Å². The van der Waals surface area contributed by atoms with E-state index < -0.39 is 0 Å². The maximum atomic E-state index is 2.65. The molecule has 5 atom stereocenters. The van der Waals surface area contributed by atoms with Gasteiger partial charge in [-0.25, -0.2) is 0 Å². The van der Waals surface area contributed by atoms with Gasteiger partial charge in [0.1, 0.15) is 0 Å². The van der Waals surface area contributed by atoms with Gasteiger partial charge in [-0.1, -0.05) is 80.6 Å². The highest BCUT2D eigenvalue weighted by atomic mass is 14.5. The number of hydrogen-bond acceptors (Lipinski definition) is 0. The molecule has 3 aliphatic carbocycles. The van der Waals surface area contributed by atoms with E-state index in [2.05, 4.69) is 48.5 Å². The van der Waals surface area contributed by atoms with Gasteiger partial charge in [0.2, 0.25) is 0 Å². The van der Waals surface area contributed by atoms with Crippen molar-refractivity contribution in [2.45, 2.75) is 132 Å². The molecule has 5 unspecified atom stereocenters. The minimum Gasteiger partial charge on any atom is -0.0654 e. The zero-order chi connectivity index (χ0) is 22.5. The van der Waals surface area contributed by atoms with E-state index in [-0.39, 0.29) is 0 Å². The first kappa shape index (κ1) is 25.6. The zero-order valence-corrected chi connectivity index (χ0v) is 22.5. The predicted molar refractivity (Wildman–Crippen MR) is 138 cm³/mol. The fourth-order valence-corrected chi connectivity index (χ4v) is 9.14. The Kier molecular flexibility index (Phi) is 9.85. The van der Waals surface area contributed by atoms with E-state index >= 15 is 0 Å². The van der Waals surface area contributed by atoms with Gasteiger partial charge in [-0.2, -0.15) is 0 Å². The summed E-state index contributed by atoms with van der Waals surface area (Å²) in [6, 6.07) is 0. The highest BCUT2D eigenvalue weighted by Gasteiger charge is 2.43. The highest BCUT2D eigenvalue weighted by molar-refractivity contribution is 4.93. The van der Waals surface area contributed by atoms with E-state index in [1.165, 1.54) is 44.9 Å². The molecule has 3 rings (SSSR count). The number of rotatable bonds is 8. The molecule has 0 bridgehead atoms. The van der Waals surface area contributed by atoms with Crippen LogP contribution in [-0.2, 0) is 0 Å². The molecule has 0 aliphatic heterocycles. The summed E-state index contributed by atoms with van der Waals surface area (Å²) in [6.07, 6.45) is 19.6. The molecule has 0 saturated heterocycles. The van der Waals surface area contributed by atoms with Crippen molar-refractivity contribution in [3.63, 3.8) is 0 Å². The van der Waals surface area contributed by atoms with Crippen molar-refractivity contribution in [3.05, 3.63) is 0 Å². The lowest BCUT2D eigenvalue weighted by molar-refractivity contribution is -0.00191. The second-order valence-electron chi connectivity index (χ2n) is 13.2. The van der Waals surface area contributed by atoms with Gasteiger partial charge < -0.3 is 0 Å². The van der Waals surface area contributed by atoms with Gasteiger partial charge in [0.25, 0.3) is 0 Å². The van der Waals surface area contributed by atoms with E-state index in [0.29, 0.717) is 0 Å². The molecule has 3 aliphatic rings. The van der Waals surface area contributed by atoms with Crippen LogP contribution in [0.15, 0.2) is 0 Å². The molecular weight excluding hydrogens is 372 g/mol. The van der Waals surface area contributed by atoms with E-state index in [1.807, 2.05) is 0 Å². The van der Waals surface area contributed by atoms with E-state index in [0.717, 1.165) is 65.1 Å². The Labute approximate surface area is 197 Å². The lowest BCUT2D eigenvalue weighted by atomic mass is 9.55. The minimum absolute atomic E-state index is 0.933. The van der Waals surface area contributed by atoms with Crippen LogP contribution in [0.5, 0.6) is 0 Å². The monoisotopic (exact) mass is 430 g/mol. The standard InChI is InChI=1S/C31H58/c1-8-10-12-26(11-9-2)27-13-15-28(16-14-27)29-19-23(5)31(24(6)20-29)30-17-21(3)25(7)22(4)18-30/h21-31H,8-20H2,1-7H3. The van der Waals surface area contributed by atoms with Crippen LogP contribution in [0.1, 0.15) is 132 Å². The van der Waals surface area contributed by atoms with Gasteiger partial charge in [0, 0.05) is 0 Å². The molecular formula is C31H58. The van der Waals surface area contributed by atoms with Crippen LogP contribution in [-0.4, -0.2) is 0 Å². The molecule has 0 spiro atoms. The van der Waals surface area contributed by atoms with E-state index in [9.17, 15) is 0 Å². The fourth-order valence-electron chi connectivity index (χ4n) is 9.14. The molecule has 3 fully saturated rings. The second-order valence-corrected chi connectivity index (χ2v) is 13.2. The van der Waals surface area contributed by atoms with Crippen molar-refractivity contribution >= 4 is 0 Å². The Morgan fingerprint density at radius 2 is 1.13 bits per heavy atom. The van der Waals surface area contributed by atoms with Crippen LogP contribution in [0, 0.1) is 65.1 Å².